The lowest BCUT2D eigenvalue weighted by atomic mass is 9.83. The Kier molecular flexibility index (Phi) is 15.0. The summed E-state index contributed by atoms with van der Waals surface area (Å²) in [7, 11) is -8.91. The van der Waals surface area contributed by atoms with Gasteiger partial charge in [0.2, 0.25) is 20.6 Å². The zero-order valence-electron chi connectivity index (χ0n) is 33.9. The minimum Gasteiger partial charge on any atom is -0.490 e. The minimum atomic E-state index is -4.41. The SMILES string of the molecule is CC[Si](CC)(CC)O[C@H]1C=CO[C@@H](C(=O)C2(S(=O)(=O)c3ccccc3)C[C@H](O[Si](C)(C)C(C)(C)C)[C@@H](C)[C@@H](CCCCOCc3ccccc3)O2)[C@@H]1C. The Morgan fingerprint density at radius 3 is 2.08 bits per heavy atom. The van der Waals surface area contributed by atoms with Gasteiger partial charge >= 0.3 is 0 Å². The maximum atomic E-state index is 15.4. The van der Waals surface area contributed by atoms with Crippen LogP contribution in [-0.2, 0) is 44.3 Å². The molecule has 7 atom stereocenters. The molecular weight excluding hydrogens is 721 g/mol. The molecule has 53 heavy (non-hydrogen) atoms. The number of hydrogen-bond acceptors (Lipinski definition) is 8. The Hall–Kier alpha value is -2.13. The molecule has 0 bridgehead atoms. The summed E-state index contributed by atoms with van der Waals surface area (Å²) in [6, 6.07) is 21.2. The van der Waals surface area contributed by atoms with Crippen molar-refractivity contribution >= 4 is 32.3 Å². The zero-order valence-corrected chi connectivity index (χ0v) is 36.7. The van der Waals surface area contributed by atoms with Crippen LogP contribution >= 0.6 is 0 Å². The third-order valence-electron chi connectivity index (χ3n) is 12.3. The minimum absolute atomic E-state index is 0.0446. The number of unbranched alkanes of at least 4 members (excludes halogenated alkanes) is 1. The molecular formula is C42H66O8SSi2. The zero-order chi connectivity index (χ0) is 39.1. The molecule has 2 aliphatic heterocycles. The van der Waals surface area contributed by atoms with Crippen LogP contribution in [0.15, 0.2) is 77.9 Å². The van der Waals surface area contributed by atoms with Gasteiger partial charge in [-0.2, -0.15) is 0 Å². The number of ketones is 1. The van der Waals surface area contributed by atoms with Gasteiger partial charge in [-0.25, -0.2) is 8.42 Å². The number of carbonyl (C=O) groups is 1. The number of hydrogen-bond donors (Lipinski definition) is 0. The highest BCUT2D eigenvalue weighted by atomic mass is 32.2. The van der Waals surface area contributed by atoms with E-state index in [1.807, 2.05) is 43.3 Å². The summed E-state index contributed by atoms with van der Waals surface area (Å²) in [5.41, 5.74) is 1.12. The first-order valence-electron chi connectivity index (χ1n) is 19.8. The van der Waals surface area contributed by atoms with Crippen molar-refractivity contribution in [2.75, 3.05) is 6.61 Å². The molecule has 2 aromatic rings. The number of Topliss-reactive ketones (excluding diaryl/α,β-unsaturated/α-hetero) is 1. The van der Waals surface area contributed by atoms with Crippen molar-refractivity contribution in [1.29, 1.82) is 0 Å². The summed E-state index contributed by atoms with van der Waals surface area (Å²) in [5, 5.41) is -0.133. The van der Waals surface area contributed by atoms with Crippen LogP contribution in [-0.4, -0.2) is 66.8 Å². The van der Waals surface area contributed by atoms with E-state index >= 15 is 13.2 Å². The summed E-state index contributed by atoms with van der Waals surface area (Å²) in [6.07, 6.45) is 2.78. The molecule has 1 unspecified atom stereocenters. The summed E-state index contributed by atoms with van der Waals surface area (Å²) in [4.78, 5) is 13.2. The fourth-order valence-electron chi connectivity index (χ4n) is 7.32. The van der Waals surface area contributed by atoms with Gasteiger partial charge in [0.25, 0.3) is 0 Å². The highest BCUT2D eigenvalue weighted by Crippen LogP contribution is 2.48. The van der Waals surface area contributed by atoms with Gasteiger partial charge in [0.15, 0.2) is 22.7 Å². The predicted molar refractivity (Wildman–Crippen MR) is 217 cm³/mol. The second-order valence-electron chi connectivity index (χ2n) is 16.7. The quantitative estimate of drug-likeness (QED) is 0.109. The second-order valence-corrected chi connectivity index (χ2v) is 28.3. The largest absolute Gasteiger partial charge is 0.490 e. The van der Waals surface area contributed by atoms with Gasteiger partial charge in [0, 0.05) is 24.9 Å². The molecule has 8 nitrogen and oxygen atoms in total. The molecule has 0 radical (unpaired) electrons. The smallest absolute Gasteiger partial charge is 0.238 e. The number of rotatable bonds is 18. The highest BCUT2D eigenvalue weighted by molar-refractivity contribution is 7.93. The van der Waals surface area contributed by atoms with Crippen LogP contribution in [0, 0.1) is 11.8 Å². The van der Waals surface area contributed by atoms with E-state index in [2.05, 4.69) is 61.6 Å². The molecule has 0 spiro atoms. The van der Waals surface area contributed by atoms with Gasteiger partial charge in [-0.1, -0.05) is 104 Å². The summed E-state index contributed by atoms with van der Waals surface area (Å²) in [5.74, 6) is -1.18. The molecule has 2 aliphatic rings. The molecule has 11 heteroatoms. The number of carbonyl (C=O) groups excluding carboxylic acids is 1. The van der Waals surface area contributed by atoms with Crippen molar-refractivity contribution in [3.8, 4) is 0 Å². The molecule has 296 valence electrons. The molecule has 0 aliphatic carbocycles. The number of benzene rings is 2. The summed E-state index contributed by atoms with van der Waals surface area (Å²) >= 11 is 0. The van der Waals surface area contributed by atoms with Crippen molar-refractivity contribution in [2.45, 2.75) is 158 Å². The molecule has 2 aromatic carbocycles. The van der Waals surface area contributed by atoms with Gasteiger partial charge in [-0.15, -0.1) is 0 Å². The highest BCUT2D eigenvalue weighted by Gasteiger charge is 2.63. The van der Waals surface area contributed by atoms with Gasteiger partial charge in [0.05, 0.1) is 36.1 Å². The van der Waals surface area contributed by atoms with Crippen molar-refractivity contribution in [2.24, 2.45) is 11.8 Å². The summed E-state index contributed by atoms with van der Waals surface area (Å²) in [6.45, 7) is 22.5. The lowest BCUT2D eigenvalue weighted by molar-refractivity contribution is -0.179. The van der Waals surface area contributed by atoms with Crippen molar-refractivity contribution in [3.05, 3.63) is 78.6 Å². The Balaban J connectivity index is 1.72. The third-order valence-corrected chi connectivity index (χ3v) is 23.7. The molecule has 0 saturated carbocycles. The van der Waals surface area contributed by atoms with Gasteiger partial charge in [-0.05, 0) is 79.3 Å². The van der Waals surface area contributed by atoms with E-state index in [0.717, 1.165) is 36.5 Å². The molecule has 0 amide bonds. The molecule has 0 aromatic heterocycles. The van der Waals surface area contributed by atoms with Crippen LogP contribution in [0.5, 0.6) is 0 Å². The van der Waals surface area contributed by atoms with Crippen LogP contribution in [0.4, 0.5) is 0 Å². The van der Waals surface area contributed by atoms with Crippen molar-refractivity contribution in [1.82, 2.24) is 0 Å². The van der Waals surface area contributed by atoms with E-state index in [-0.39, 0.29) is 28.4 Å². The van der Waals surface area contributed by atoms with Crippen LogP contribution in [0.1, 0.15) is 86.6 Å². The Labute approximate surface area is 322 Å². The number of ether oxygens (including phenoxy) is 3. The normalized spacial score (nSPS) is 27.0. The standard InChI is InChI=1S/C42H66O8SSi2/c1-11-53(12-2,13-3)50-37-27-29-47-39(33(37)5)40(43)42(51(44,45)35-24-18-15-19-25-35)30-38(49-52(9,10)41(6,7)8)32(4)36(48-42)26-20-21-28-46-31-34-22-16-14-17-23-34/h14-19,22-25,27,29,32-33,36-39H,11-13,20-21,26,28,30-31H2,1-10H3/t32-,33+,36+,37-,38-,39+,42?/m0/s1. The van der Waals surface area contributed by atoms with E-state index in [4.69, 9.17) is 23.1 Å². The predicted octanol–water partition coefficient (Wildman–Crippen LogP) is 9.87. The van der Waals surface area contributed by atoms with E-state index in [1.165, 1.54) is 6.26 Å². The number of sulfone groups is 1. The summed E-state index contributed by atoms with van der Waals surface area (Å²) < 4.78 is 63.3. The van der Waals surface area contributed by atoms with E-state index in [0.29, 0.717) is 19.6 Å². The van der Waals surface area contributed by atoms with Crippen LogP contribution in [0.3, 0.4) is 0 Å². The first kappa shape index (κ1) is 43.6. The molecule has 0 N–H and O–H groups in total. The third kappa shape index (κ3) is 9.82. The molecule has 1 saturated heterocycles. The van der Waals surface area contributed by atoms with E-state index in [1.54, 1.807) is 30.3 Å². The molecule has 2 heterocycles. The Morgan fingerprint density at radius 2 is 1.49 bits per heavy atom. The fourth-order valence-corrected chi connectivity index (χ4v) is 13.5. The van der Waals surface area contributed by atoms with Gasteiger partial charge < -0.3 is 23.1 Å². The Morgan fingerprint density at radius 1 is 0.887 bits per heavy atom. The van der Waals surface area contributed by atoms with Crippen LogP contribution < -0.4 is 0 Å². The van der Waals surface area contributed by atoms with Gasteiger partial charge in [0.1, 0.15) is 0 Å². The first-order valence-corrected chi connectivity index (χ1v) is 26.7. The van der Waals surface area contributed by atoms with E-state index < -0.39 is 61.4 Å². The first-order chi connectivity index (χ1) is 25.0. The topological polar surface area (TPSA) is 97.4 Å². The second kappa shape index (κ2) is 18.2. The molecule has 4 rings (SSSR count). The van der Waals surface area contributed by atoms with Gasteiger partial charge in [-0.3, -0.25) is 4.79 Å². The van der Waals surface area contributed by atoms with E-state index in [9.17, 15) is 0 Å². The van der Waals surface area contributed by atoms with Crippen LogP contribution in [0.25, 0.3) is 0 Å². The fraction of sp³-hybridized carbons (Fsp3) is 0.643. The average molecular weight is 787 g/mol. The van der Waals surface area contributed by atoms with Crippen molar-refractivity contribution < 1.29 is 36.3 Å². The maximum Gasteiger partial charge on any atom is 0.238 e. The Bertz CT molecular complexity index is 1580. The lowest BCUT2D eigenvalue weighted by Crippen LogP contribution is -2.64. The maximum absolute atomic E-state index is 15.4. The molecule has 1 fully saturated rings. The lowest BCUT2D eigenvalue weighted by Gasteiger charge is -2.51. The van der Waals surface area contributed by atoms with Crippen molar-refractivity contribution in [3.63, 3.8) is 0 Å². The average Bonchev–Trinajstić information content (AvgIpc) is 3.14. The van der Waals surface area contributed by atoms with Crippen LogP contribution in [0.2, 0.25) is 36.3 Å². The monoisotopic (exact) mass is 786 g/mol.